The number of carbonyl (C=O) groups is 1. The number of aromatic nitrogens is 4. The highest BCUT2D eigenvalue weighted by Crippen LogP contribution is 2.13. The number of nitrogens with one attached hydrogen (secondary N) is 2. The first-order valence-corrected chi connectivity index (χ1v) is 7.82. The molecule has 0 spiro atoms. The normalized spacial score (nSPS) is 11.1. The van der Waals surface area contributed by atoms with E-state index in [4.69, 9.17) is 0 Å². The standard InChI is InChI=1S/C17H19N5O2/c1-11(2)15-19-5-7-22(15)8-6-21-17(24)14-10-18-9-13-12(14)3-4-20-16(13)23/h3-5,7,9-11H,6,8H2,1-2H3,(H,20,23)(H,21,24). The van der Waals surface area contributed by atoms with Crippen LogP contribution < -0.4 is 10.9 Å². The summed E-state index contributed by atoms with van der Waals surface area (Å²) in [4.78, 5) is 35.1. The summed E-state index contributed by atoms with van der Waals surface area (Å²) in [5, 5.41) is 3.87. The Labute approximate surface area is 138 Å². The summed E-state index contributed by atoms with van der Waals surface area (Å²) in [5.74, 6) is 1.07. The average molecular weight is 325 g/mol. The maximum absolute atomic E-state index is 12.4. The van der Waals surface area contributed by atoms with Crippen LogP contribution in [-0.2, 0) is 6.54 Å². The average Bonchev–Trinajstić information content (AvgIpc) is 3.03. The smallest absolute Gasteiger partial charge is 0.257 e. The maximum Gasteiger partial charge on any atom is 0.257 e. The number of aromatic amines is 1. The minimum atomic E-state index is -0.255. The highest BCUT2D eigenvalue weighted by molar-refractivity contribution is 6.06. The van der Waals surface area contributed by atoms with Gasteiger partial charge in [0.25, 0.3) is 11.5 Å². The van der Waals surface area contributed by atoms with Gasteiger partial charge < -0.3 is 14.9 Å². The van der Waals surface area contributed by atoms with Crippen molar-refractivity contribution in [3.05, 3.63) is 58.8 Å². The van der Waals surface area contributed by atoms with Crippen LogP contribution in [-0.4, -0.2) is 32.0 Å². The maximum atomic E-state index is 12.4. The molecule has 7 nitrogen and oxygen atoms in total. The van der Waals surface area contributed by atoms with Crippen LogP contribution in [0.15, 0.2) is 41.8 Å². The first-order chi connectivity index (χ1) is 11.6. The Kier molecular flexibility index (Phi) is 4.41. The van der Waals surface area contributed by atoms with Crippen LogP contribution in [0.1, 0.15) is 35.9 Å². The lowest BCUT2D eigenvalue weighted by Crippen LogP contribution is -2.28. The molecule has 0 radical (unpaired) electrons. The number of imidazole rings is 1. The van der Waals surface area contributed by atoms with Gasteiger partial charge in [0.1, 0.15) is 5.82 Å². The summed E-state index contributed by atoms with van der Waals surface area (Å²) < 4.78 is 2.02. The highest BCUT2D eigenvalue weighted by atomic mass is 16.1. The molecule has 0 fully saturated rings. The summed E-state index contributed by atoms with van der Waals surface area (Å²) in [5.41, 5.74) is 0.142. The molecule has 0 aromatic carbocycles. The Morgan fingerprint density at radius 3 is 2.96 bits per heavy atom. The lowest BCUT2D eigenvalue weighted by atomic mass is 10.1. The van der Waals surface area contributed by atoms with E-state index in [0.717, 1.165) is 5.82 Å². The van der Waals surface area contributed by atoms with E-state index in [1.807, 2.05) is 10.8 Å². The predicted molar refractivity (Wildman–Crippen MR) is 91.0 cm³/mol. The monoisotopic (exact) mass is 325 g/mol. The van der Waals surface area contributed by atoms with E-state index >= 15 is 0 Å². The summed E-state index contributed by atoms with van der Waals surface area (Å²) in [7, 11) is 0. The van der Waals surface area contributed by atoms with Gasteiger partial charge >= 0.3 is 0 Å². The third-order valence-electron chi connectivity index (χ3n) is 3.84. The minimum absolute atomic E-state index is 0.245. The molecule has 3 aromatic heterocycles. The van der Waals surface area contributed by atoms with Gasteiger partial charge in [-0.25, -0.2) is 4.98 Å². The number of hydrogen-bond acceptors (Lipinski definition) is 4. The predicted octanol–water partition coefficient (Wildman–Crippen LogP) is 1.67. The fourth-order valence-electron chi connectivity index (χ4n) is 2.69. The molecule has 124 valence electrons. The van der Waals surface area contributed by atoms with Crippen molar-refractivity contribution in [2.75, 3.05) is 6.54 Å². The summed E-state index contributed by atoms with van der Waals surface area (Å²) >= 11 is 0. The number of fused-ring (bicyclic) bond motifs is 1. The molecule has 7 heteroatoms. The second-order valence-electron chi connectivity index (χ2n) is 5.84. The third kappa shape index (κ3) is 3.05. The van der Waals surface area contributed by atoms with Crippen LogP contribution in [0, 0.1) is 0 Å². The molecule has 0 bridgehead atoms. The van der Waals surface area contributed by atoms with Crippen molar-refractivity contribution in [3.8, 4) is 0 Å². The molecule has 0 saturated carbocycles. The zero-order chi connectivity index (χ0) is 17.1. The zero-order valence-electron chi connectivity index (χ0n) is 13.6. The van der Waals surface area contributed by atoms with Crippen LogP contribution in [0.25, 0.3) is 10.8 Å². The summed E-state index contributed by atoms with van der Waals surface area (Å²) in [6.07, 6.45) is 8.14. The molecular weight excluding hydrogens is 306 g/mol. The van der Waals surface area contributed by atoms with Gasteiger partial charge in [-0.2, -0.15) is 0 Å². The van der Waals surface area contributed by atoms with Crippen LogP contribution in [0.4, 0.5) is 0 Å². The number of pyridine rings is 2. The molecule has 1 amide bonds. The zero-order valence-corrected chi connectivity index (χ0v) is 13.6. The highest BCUT2D eigenvalue weighted by Gasteiger charge is 2.12. The fourth-order valence-corrected chi connectivity index (χ4v) is 2.69. The SMILES string of the molecule is CC(C)c1nccn1CCNC(=O)c1cncc2c(=O)[nH]ccc12. The molecule has 3 rings (SSSR count). The van der Waals surface area contributed by atoms with Gasteiger partial charge in [0.05, 0.1) is 10.9 Å². The Morgan fingerprint density at radius 1 is 1.33 bits per heavy atom. The number of carbonyl (C=O) groups excluding carboxylic acids is 1. The van der Waals surface area contributed by atoms with Crippen LogP contribution in [0.5, 0.6) is 0 Å². The van der Waals surface area contributed by atoms with E-state index < -0.39 is 0 Å². The van der Waals surface area contributed by atoms with Gasteiger partial charge in [-0.15, -0.1) is 0 Å². The molecule has 0 atom stereocenters. The van der Waals surface area contributed by atoms with E-state index in [0.29, 0.717) is 35.3 Å². The second-order valence-corrected chi connectivity index (χ2v) is 5.84. The summed E-state index contributed by atoms with van der Waals surface area (Å²) in [6, 6.07) is 1.71. The van der Waals surface area contributed by atoms with Gasteiger partial charge in [-0.05, 0) is 6.07 Å². The van der Waals surface area contributed by atoms with Crippen molar-refractivity contribution in [1.29, 1.82) is 0 Å². The number of rotatable bonds is 5. The van der Waals surface area contributed by atoms with Crippen LogP contribution >= 0.6 is 0 Å². The van der Waals surface area contributed by atoms with Crippen LogP contribution in [0.2, 0.25) is 0 Å². The molecule has 24 heavy (non-hydrogen) atoms. The van der Waals surface area contributed by atoms with Crippen molar-refractivity contribution >= 4 is 16.7 Å². The molecule has 0 aliphatic carbocycles. The molecule has 0 aliphatic rings. The molecular formula is C17H19N5O2. The Balaban J connectivity index is 1.73. The number of nitrogens with zero attached hydrogens (tertiary/aromatic N) is 3. The molecule has 0 aliphatic heterocycles. The molecule has 0 saturated heterocycles. The van der Waals surface area contributed by atoms with Gasteiger partial charge in [0.2, 0.25) is 0 Å². The van der Waals surface area contributed by atoms with E-state index in [1.165, 1.54) is 18.6 Å². The lowest BCUT2D eigenvalue weighted by Gasteiger charge is -2.11. The van der Waals surface area contributed by atoms with E-state index in [-0.39, 0.29) is 11.5 Å². The van der Waals surface area contributed by atoms with Crippen molar-refractivity contribution in [1.82, 2.24) is 24.8 Å². The van der Waals surface area contributed by atoms with Crippen molar-refractivity contribution in [2.24, 2.45) is 0 Å². The quantitative estimate of drug-likeness (QED) is 0.746. The van der Waals surface area contributed by atoms with Crippen molar-refractivity contribution in [3.63, 3.8) is 0 Å². The first-order valence-electron chi connectivity index (χ1n) is 7.82. The minimum Gasteiger partial charge on any atom is -0.350 e. The first kappa shape index (κ1) is 15.9. The van der Waals surface area contributed by atoms with Crippen LogP contribution in [0.3, 0.4) is 0 Å². The van der Waals surface area contributed by atoms with Gasteiger partial charge in [-0.1, -0.05) is 13.8 Å². The van der Waals surface area contributed by atoms with E-state index in [1.54, 1.807) is 12.3 Å². The molecule has 3 heterocycles. The number of H-pyrrole nitrogens is 1. The van der Waals surface area contributed by atoms with Gasteiger partial charge in [0, 0.05) is 55.4 Å². The number of amides is 1. The summed E-state index contributed by atoms with van der Waals surface area (Å²) in [6.45, 7) is 5.26. The third-order valence-corrected chi connectivity index (χ3v) is 3.84. The topological polar surface area (TPSA) is 92.7 Å². The Hall–Kier alpha value is -2.96. The Bertz CT molecular complexity index is 926. The van der Waals surface area contributed by atoms with Gasteiger partial charge in [0.15, 0.2) is 0 Å². The Morgan fingerprint density at radius 2 is 2.17 bits per heavy atom. The van der Waals surface area contributed by atoms with E-state index in [2.05, 4.69) is 34.1 Å². The fraction of sp³-hybridized carbons (Fsp3) is 0.294. The van der Waals surface area contributed by atoms with Gasteiger partial charge in [-0.3, -0.25) is 14.6 Å². The largest absolute Gasteiger partial charge is 0.350 e. The lowest BCUT2D eigenvalue weighted by molar-refractivity contribution is 0.0953. The van der Waals surface area contributed by atoms with E-state index in [9.17, 15) is 9.59 Å². The second kappa shape index (κ2) is 6.66. The van der Waals surface area contributed by atoms with Crippen molar-refractivity contribution in [2.45, 2.75) is 26.3 Å². The molecule has 3 aromatic rings. The number of hydrogen-bond donors (Lipinski definition) is 2. The molecule has 2 N–H and O–H groups in total. The molecule has 0 unspecified atom stereocenters. The van der Waals surface area contributed by atoms with Crippen molar-refractivity contribution < 1.29 is 4.79 Å².